The van der Waals surface area contributed by atoms with Crippen LogP contribution in [-0.2, 0) is 12.8 Å². The van der Waals surface area contributed by atoms with Crippen LogP contribution in [0.3, 0.4) is 0 Å². The minimum Gasteiger partial charge on any atom is -0.394 e. The van der Waals surface area contributed by atoms with Crippen LogP contribution < -0.4 is 0 Å². The zero-order chi connectivity index (χ0) is 12.4. The molecule has 0 radical (unpaired) electrons. The summed E-state index contributed by atoms with van der Waals surface area (Å²) in [6.45, 7) is 0.213. The van der Waals surface area contributed by atoms with Crippen molar-refractivity contribution >= 4 is 0 Å². The van der Waals surface area contributed by atoms with Crippen LogP contribution in [0.15, 0.2) is 36.5 Å². The minimum absolute atomic E-state index is 0.213. The Balaban J connectivity index is 1.92. The molecule has 1 aromatic heterocycles. The summed E-state index contributed by atoms with van der Waals surface area (Å²) in [5.41, 5.74) is 2.54. The molecule has 0 spiro atoms. The predicted molar refractivity (Wildman–Crippen MR) is 70.5 cm³/mol. The summed E-state index contributed by atoms with van der Waals surface area (Å²) in [6, 6.07) is 10.6. The second kappa shape index (κ2) is 4.94. The number of nitrogens with zero attached hydrogens (tertiary/aromatic N) is 2. The van der Waals surface area contributed by atoms with Gasteiger partial charge < -0.3 is 9.67 Å². The summed E-state index contributed by atoms with van der Waals surface area (Å²) in [5.74, 6) is 1.08. The molecule has 1 aliphatic heterocycles. The van der Waals surface area contributed by atoms with E-state index in [1.54, 1.807) is 0 Å². The predicted octanol–water partition coefficient (Wildman–Crippen LogP) is 2.34. The zero-order valence-electron chi connectivity index (χ0n) is 10.4. The number of aliphatic hydroxyl groups excluding tert-OH is 1. The van der Waals surface area contributed by atoms with Crippen LogP contribution >= 0.6 is 0 Å². The summed E-state index contributed by atoms with van der Waals surface area (Å²) >= 11 is 0. The largest absolute Gasteiger partial charge is 0.394 e. The van der Waals surface area contributed by atoms with E-state index < -0.39 is 0 Å². The molecule has 18 heavy (non-hydrogen) atoms. The number of rotatable bonds is 3. The van der Waals surface area contributed by atoms with Crippen molar-refractivity contribution < 1.29 is 5.11 Å². The molecule has 0 aliphatic carbocycles. The summed E-state index contributed by atoms with van der Waals surface area (Å²) in [5, 5.41) is 9.50. The van der Waals surface area contributed by atoms with Crippen molar-refractivity contribution in [1.29, 1.82) is 0 Å². The van der Waals surface area contributed by atoms with Crippen LogP contribution in [0.2, 0.25) is 0 Å². The second-order valence-corrected chi connectivity index (χ2v) is 4.93. The van der Waals surface area contributed by atoms with Crippen LogP contribution in [0.4, 0.5) is 0 Å². The lowest BCUT2D eigenvalue weighted by atomic mass is 10.0. The first-order valence-electron chi connectivity index (χ1n) is 6.58. The fourth-order valence-electron chi connectivity index (χ4n) is 2.80. The first kappa shape index (κ1) is 11.5. The van der Waals surface area contributed by atoms with Gasteiger partial charge in [0.15, 0.2) is 0 Å². The molecular weight excluding hydrogens is 224 g/mol. The lowest BCUT2D eigenvalue weighted by molar-refractivity contribution is 0.204. The number of benzene rings is 1. The maximum Gasteiger partial charge on any atom is 0.113 e. The Labute approximate surface area is 107 Å². The molecule has 0 fully saturated rings. The van der Waals surface area contributed by atoms with E-state index in [4.69, 9.17) is 0 Å². The van der Waals surface area contributed by atoms with Crippen molar-refractivity contribution in [2.45, 2.75) is 31.7 Å². The average molecular weight is 242 g/mol. The van der Waals surface area contributed by atoms with Gasteiger partial charge in [-0.2, -0.15) is 0 Å². The highest BCUT2D eigenvalue weighted by molar-refractivity contribution is 5.21. The molecule has 1 aliphatic rings. The van der Waals surface area contributed by atoms with Gasteiger partial charge in [0.25, 0.3) is 0 Å². The summed E-state index contributed by atoms with van der Waals surface area (Å²) in [6.07, 6.45) is 6.11. The maximum absolute atomic E-state index is 9.50. The van der Waals surface area contributed by atoms with Crippen LogP contribution in [-0.4, -0.2) is 21.3 Å². The van der Waals surface area contributed by atoms with Gasteiger partial charge in [-0.3, -0.25) is 0 Å². The summed E-state index contributed by atoms with van der Waals surface area (Å²) < 4.78 is 2.25. The number of aromatic nitrogens is 2. The van der Waals surface area contributed by atoms with E-state index in [1.807, 2.05) is 12.3 Å². The Morgan fingerprint density at radius 2 is 2.11 bits per heavy atom. The molecule has 1 aromatic carbocycles. The van der Waals surface area contributed by atoms with E-state index in [0.717, 1.165) is 31.5 Å². The van der Waals surface area contributed by atoms with Crippen LogP contribution in [0.25, 0.3) is 0 Å². The molecule has 0 amide bonds. The molecule has 94 valence electrons. The maximum atomic E-state index is 9.50. The topological polar surface area (TPSA) is 38.1 Å². The number of aliphatic hydroxyl groups is 1. The molecule has 0 saturated heterocycles. The molecule has 0 saturated carbocycles. The molecular formula is C15H18N2O. The van der Waals surface area contributed by atoms with Crippen molar-refractivity contribution in [3.05, 3.63) is 53.6 Å². The van der Waals surface area contributed by atoms with Crippen LogP contribution in [0, 0.1) is 0 Å². The van der Waals surface area contributed by atoms with E-state index in [0.29, 0.717) is 0 Å². The quantitative estimate of drug-likeness (QED) is 0.897. The average Bonchev–Trinajstić information content (AvgIpc) is 2.83. The van der Waals surface area contributed by atoms with Crippen molar-refractivity contribution in [3.8, 4) is 0 Å². The summed E-state index contributed by atoms with van der Waals surface area (Å²) in [7, 11) is 0. The van der Waals surface area contributed by atoms with Crippen molar-refractivity contribution in [2.24, 2.45) is 0 Å². The molecule has 3 rings (SSSR count). The third-order valence-corrected chi connectivity index (χ3v) is 3.70. The molecule has 1 atom stereocenters. The highest BCUT2D eigenvalue weighted by Crippen LogP contribution is 2.27. The van der Waals surface area contributed by atoms with E-state index in [-0.39, 0.29) is 12.6 Å². The Kier molecular flexibility index (Phi) is 3.15. The van der Waals surface area contributed by atoms with Gasteiger partial charge in [0.2, 0.25) is 0 Å². The molecule has 2 heterocycles. The third-order valence-electron chi connectivity index (χ3n) is 3.70. The third kappa shape index (κ3) is 2.06. The molecule has 1 unspecified atom stereocenters. The first-order chi connectivity index (χ1) is 8.88. The lowest BCUT2D eigenvalue weighted by Gasteiger charge is -2.25. The number of fused-ring (bicyclic) bond motifs is 1. The SMILES string of the molecule is OCC1CCCc2cnc(Cc3ccccc3)n21. The van der Waals surface area contributed by atoms with Crippen LogP contribution in [0.5, 0.6) is 0 Å². The van der Waals surface area contributed by atoms with Gasteiger partial charge >= 0.3 is 0 Å². The standard InChI is InChI=1S/C15H18N2O/c18-11-14-8-4-7-13-10-16-15(17(13)14)9-12-5-2-1-3-6-12/h1-3,5-6,10,14,18H,4,7-9,11H2. The molecule has 3 nitrogen and oxygen atoms in total. The molecule has 1 N–H and O–H groups in total. The van der Waals surface area contributed by atoms with Gasteiger partial charge in [0.1, 0.15) is 5.82 Å². The Hall–Kier alpha value is -1.61. The summed E-state index contributed by atoms with van der Waals surface area (Å²) in [4.78, 5) is 4.54. The number of imidazole rings is 1. The Morgan fingerprint density at radius 3 is 2.89 bits per heavy atom. The molecule has 0 bridgehead atoms. The van der Waals surface area contributed by atoms with E-state index in [9.17, 15) is 5.11 Å². The number of hydrogen-bond donors (Lipinski definition) is 1. The van der Waals surface area contributed by atoms with E-state index in [2.05, 4.69) is 33.8 Å². The normalized spacial score (nSPS) is 18.6. The van der Waals surface area contributed by atoms with Gasteiger partial charge in [-0.15, -0.1) is 0 Å². The van der Waals surface area contributed by atoms with Crippen molar-refractivity contribution in [3.63, 3.8) is 0 Å². The second-order valence-electron chi connectivity index (χ2n) is 4.93. The van der Waals surface area contributed by atoms with Gasteiger partial charge in [-0.05, 0) is 24.8 Å². The molecule has 2 aromatic rings. The fourth-order valence-corrected chi connectivity index (χ4v) is 2.80. The van der Waals surface area contributed by atoms with Crippen molar-refractivity contribution in [1.82, 2.24) is 9.55 Å². The fraction of sp³-hybridized carbons (Fsp3) is 0.400. The smallest absolute Gasteiger partial charge is 0.113 e. The van der Waals surface area contributed by atoms with Gasteiger partial charge in [-0.25, -0.2) is 4.98 Å². The number of hydrogen-bond acceptors (Lipinski definition) is 2. The first-order valence-corrected chi connectivity index (χ1v) is 6.58. The molecule has 3 heteroatoms. The highest BCUT2D eigenvalue weighted by atomic mass is 16.3. The van der Waals surface area contributed by atoms with Crippen molar-refractivity contribution in [2.75, 3.05) is 6.61 Å². The lowest BCUT2D eigenvalue weighted by Crippen LogP contribution is -2.22. The van der Waals surface area contributed by atoms with Gasteiger partial charge in [-0.1, -0.05) is 30.3 Å². The number of aryl methyl sites for hydroxylation is 1. The zero-order valence-corrected chi connectivity index (χ0v) is 10.4. The highest BCUT2D eigenvalue weighted by Gasteiger charge is 2.22. The van der Waals surface area contributed by atoms with E-state index >= 15 is 0 Å². The van der Waals surface area contributed by atoms with E-state index in [1.165, 1.54) is 11.3 Å². The van der Waals surface area contributed by atoms with Gasteiger partial charge in [0, 0.05) is 18.3 Å². The van der Waals surface area contributed by atoms with Gasteiger partial charge in [0.05, 0.1) is 12.6 Å². The Bertz CT molecular complexity index is 519. The van der Waals surface area contributed by atoms with Crippen LogP contribution in [0.1, 0.15) is 36.0 Å². The Morgan fingerprint density at radius 1 is 1.28 bits per heavy atom. The monoisotopic (exact) mass is 242 g/mol. The minimum atomic E-state index is 0.213.